The van der Waals surface area contributed by atoms with E-state index in [1.807, 2.05) is 0 Å². The molecule has 17 rings (SSSR count). The summed E-state index contributed by atoms with van der Waals surface area (Å²) in [5, 5.41) is 2.68. The number of hydrogen-bond donors (Lipinski definition) is 0. The Morgan fingerprint density at radius 1 is 0.183 bits per heavy atom. The molecule has 4 aliphatic rings. The Hall–Kier alpha value is -10.4. The molecule has 2 bridgehead atoms. The highest BCUT2D eigenvalue weighted by atomic mass is 14.4. The molecule has 0 N–H and O–H groups in total. The quantitative estimate of drug-likeness (QED) is 0.142. The Kier molecular flexibility index (Phi) is 11.0. The van der Waals surface area contributed by atoms with Gasteiger partial charge in [0.2, 0.25) is 0 Å². The third kappa shape index (κ3) is 6.92. The minimum absolute atomic E-state index is 0. The molecule has 0 saturated carbocycles. The van der Waals surface area contributed by atoms with Gasteiger partial charge in [-0.1, -0.05) is 299 Å². The van der Waals surface area contributed by atoms with E-state index >= 15 is 0 Å². The molecule has 13 aromatic carbocycles. The van der Waals surface area contributed by atoms with Crippen LogP contribution in [0.1, 0.15) is 29.7 Å². The highest BCUT2D eigenvalue weighted by Gasteiger charge is 2.41. The summed E-state index contributed by atoms with van der Waals surface area (Å²) in [6, 6.07) is 104. The van der Waals surface area contributed by atoms with Crippen molar-refractivity contribution in [2.75, 3.05) is 0 Å². The molecule has 0 aliphatic heterocycles. The van der Waals surface area contributed by atoms with Crippen LogP contribution in [-0.2, 0) is 6.42 Å². The van der Waals surface area contributed by atoms with Crippen molar-refractivity contribution in [1.82, 2.24) is 0 Å². The molecule has 0 aromatic heterocycles. The summed E-state index contributed by atoms with van der Waals surface area (Å²) in [5.74, 6) is 0. The van der Waals surface area contributed by atoms with E-state index in [-0.39, 0.29) is 7.43 Å². The highest BCUT2D eigenvalue weighted by Crippen LogP contribution is 2.65. The van der Waals surface area contributed by atoms with Crippen molar-refractivity contribution in [1.29, 1.82) is 0 Å². The first-order chi connectivity index (χ1) is 40.3. The second-order valence-corrected chi connectivity index (χ2v) is 22.0. The van der Waals surface area contributed by atoms with Gasteiger partial charge in [0.25, 0.3) is 0 Å². The lowest BCUT2D eigenvalue weighted by Gasteiger charge is -2.26. The monoisotopic (exact) mass is 1040 g/mol. The van der Waals surface area contributed by atoms with E-state index in [9.17, 15) is 0 Å². The molecule has 382 valence electrons. The lowest BCUT2D eigenvalue weighted by molar-refractivity contribution is 1.30. The van der Waals surface area contributed by atoms with E-state index in [1.54, 1.807) is 0 Å². The largest absolute Gasteiger partial charge is 0.0776 e. The average molecular weight is 1040 g/mol. The molecule has 0 fully saturated rings. The van der Waals surface area contributed by atoms with Gasteiger partial charge in [-0.05, 0) is 184 Å². The predicted molar refractivity (Wildman–Crippen MR) is 348 cm³/mol. The molecule has 0 atom stereocenters. The summed E-state index contributed by atoms with van der Waals surface area (Å²) in [6.45, 7) is 0. The van der Waals surface area contributed by atoms with Crippen molar-refractivity contribution in [2.45, 2.75) is 13.8 Å². The maximum absolute atomic E-state index is 2.50. The molecule has 0 heterocycles. The van der Waals surface area contributed by atoms with Crippen LogP contribution in [0.25, 0.3) is 155 Å². The Bertz CT molecular complexity index is 4670. The standard InChI is InChI=1S/C81H50.CH4/c1-9-25-50(26-10-1)67-68(51-27-11-2-12-28-51)72(55-35-19-6-20-36-55)79-63-47-44-60-61-45-48-65-77-64(46-43-59(76(61)77)58-41-42-62(75(63)66(60)49-58)78(79)71(67)54-33-17-5-18-34-54)80-73(56-37-21-7-22-38-56)69(52-29-13-3-14-30-52)70(53-31-15-4-16-32-53)74(81(65)80)57-39-23-8-24-40-57;/h1-48H,49H2;1H4. The van der Waals surface area contributed by atoms with Crippen LogP contribution in [0.5, 0.6) is 0 Å². The summed E-state index contributed by atoms with van der Waals surface area (Å²) in [5.41, 5.74) is 38.2. The fraction of sp³-hybridized carbons (Fsp3) is 0.0244. The van der Waals surface area contributed by atoms with E-state index in [1.165, 1.54) is 178 Å². The molecule has 0 unspecified atom stereocenters. The molecule has 0 heteroatoms. The van der Waals surface area contributed by atoms with Crippen molar-refractivity contribution in [3.63, 3.8) is 0 Å². The van der Waals surface area contributed by atoms with Gasteiger partial charge in [0.05, 0.1) is 0 Å². The molecule has 13 aromatic rings. The second-order valence-electron chi connectivity index (χ2n) is 22.0. The molecule has 82 heavy (non-hydrogen) atoms. The first-order valence-electron chi connectivity index (χ1n) is 28.4. The minimum atomic E-state index is 0. The van der Waals surface area contributed by atoms with E-state index in [0.29, 0.717) is 0 Å². The topological polar surface area (TPSA) is 0 Å². The first-order valence-corrected chi connectivity index (χ1v) is 28.4. The molecule has 0 spiro atoms. The van der Waals surface area contributed by atoms with Gasteiger partial charge in [-0.3, -0.25) is 0 Å². The number of hydrogen-bond acceptors (Lipinski definition) is 0. The normalized spacial score (nSPS) is 12.6. The zero-order valence-electron chi connectivity index (χ0n) is 44.4. The lowest BCUT2D eigenvalue weighted by atomic mass is 9.76. The Balaban J connectivity index is 0.00000553. The second kappa shape index (κ2) is 18.9. The maximum Gasteiger partial charge on any atom is -0.000705 e. The number of benzene rings is 13. The smallest absolute Gasteiger partial charge is 0.000705 e. The van der Waals surface area contributed by atoms with Gasteiger partial charge in [-0.15, -0.1) is 0 Å². The molecule has 4 aliphatic carbocycles. The van der Waals surface area contributed by atoms with Crippen LogP contribution in [0.15, 0.2) is 291 Å². The van der Waals surface area contributed by atoms with Crippen molar-refractivity contribution in [2.24, 2.45) is 0 Å². The van der Waals surface area contributed by atoms with Crippen molar-refractivity contribution >= 4 is 21.9 Å². The van der Waals surface area contributed by atoms with E-state index < -0.39 is 0 Å². The van der Waals surface area contributed by atoms with Crippen LogP contribution in [0.3, 0.4) is 0 Å². The number of rotatable bonds is 8. The summed E-state index contributed by atoms with van der Waals surface area (Å²) in [6.07, 6.45) is 5.81. The number of allylic oxidation sites excluding steroid dienone is 3. The van der Waals surface area contributed by atoms with Gasteiger partial charge in [-0.2, -0.15) is 0 Å². The third-order valence-electron chi connectivity index (χ3n) is 17.8. The summed E-state index contributed by atoms with van der Waals surface area (Å²) in [4.78, 5) is 0. The van der Waals surface area contributed by atoms with Gasteiger partial charge in [-0.25, -0.2) is 0 Å². The number of fused-ring (bicyclic) bond motifs is 9. The minimum Gasteiger partial charge on any atom is -0.0776 e. The van der Waals surface area contributed by atoms with Crippen LogP contribution >= 0.6 is 0 Å². The van der Waals surface area contributed by atoms with Crippen molar-refractivity contribution in [3.05, 3.63) is 313 Å². The molecular formula is C82H54. The maximum atomic E-state index is 2.50. The van der Waals surface area contributed by atoms with Crippen LogP contribution < -0.4 is 0 Å². The fourth-order valence-corrected chi connectivity index (χ4v) is 14.6. The van der Waals surface area contributed by atoms with Crippen LogP contribution in [0, 0.1) is 0 Å². The molecule has 0 nitrogen and oxygen atoms in total. The summed E-state index contributed by atoms with van der Waals surface area (Å²) in [7, 11) is 0. The van der Waals surface area contributed by atoms with Crippen LogP contribution in [0.2, 0.25) is 0 Å². The Morgan fingerprint density at radius 2 is 0.439 bits per heavy atom. The SMILES string of the molecule is C.C1=C2c3c(ccc4c3CC(=C1)c1ccc3c5c(ccc-4c15)-c1c(-c4ccccc4)c(-c4ccccc4)c(-c4ccccc4)c(-c4ccccc4)c1-3)-c1c2c(-c2ccccc2)c(-c2ccccc2)c(-c2ccccc2)c1-c1ccccc1. The van der Waals surface area contributed by atoms with Gasteiger partial charge in [0, 0.05) is 0 Å². The van der Waals surface area contributed by atoms with Crippen LogP contribution in [0.4, 0.5) is 0 Å². The van der Waals surface area contributed by atoms with Crippen LogP contribution in [-0.4, -0.2) is 0 Å². The van der Waals surface area contributed by atoms with Crippen molar-refractivity contribution < 1.29 is 0 Å². The Morgan fingerprint density at radius 3 is 0.793 bits per heavy atom. The zero-order chi connectivity index (χ0) is 53.1. The average Bonchev–Trinajstić information content (AvgIpc) is 1.97. The van der Waals surface area contributed by atoms with Gasteiger partial charge in [0.1, 0.15) is 0 Å². The van der Waals surface area contributed by atoms with E-state index in [4.69, 9.17) is 0 Å². The van der Waals surface area contributed by atoms with Crippen molar-refractivity contribution in [3.8, 4) is 134 Å². The first kappa shape index (κ1) is 47.6. The van der Waals surface area contributed by atoms with Gasteiger partial charge >= 0.3 is 0 Å². The third-order valence-corrected chi connectivity index (χ3v) is 17.8. The van der Waals surface area contributed by atoms with E-state index in [2.05, 4.69) is 291 Å². The van der Waals surface area contributed by atoms with Gasteiger partial charge in [0.15, 0.2) is 0 Å². The highest BCUT2D eigenvalue weighted by molar-refractivity contribution is 6.30. The fourth-order valence-electron chi connectivity index (χ4n) is 14.6. The molecule has 0 radical (unpaired) electrons. The molecular weight excluding hydrogens is 985 g/mol. The van der Waals surface area contributed by atoms with E-state index in [0.717, 1.165) is 6.42 Å². The summed E-state index contributed by atoms with van der Waals surface area (Å²) >= 11 is 0. The predicted octanol–water partition coefficient (Wildman–Crippen LogP) is 22.5. The lowest BCUT2D eigenvalue weighted by Crippen LogP contribution is -2.00. The molecule has 0 amide bonds. The van der Waals surface area contributed by atoms with Gasteiger partial charge < -0.3 is 0 Å². The zero-order valence-corrected chi connectivity index (χ0v) is 44.4. The Labute approximate surface area is 480 Å². The summed E-state index contributed by atoms with van der Waals surface area (Å²) < 4.78 is 0. The molecule has 0 saturated heterocycles.